The maximum atomic E-state index is 13.0. The highest BCUT2D eigenvalue weighted by Gasteiger charge is 2.14. The molecule has 2 amide bonds. The maximum absolute atomic E-state index is 13.0. The summed E-state index contributed by atoms with van der Waals surface area (Å²) in [7, 11) is -3.76. The van der Waals surface area contributed by atoms with Crippen LogP contribution in [0.1, 0.15) is 5.56 Å². The summed E-state index contributed by atoms with van der Waals surface area (Å²) in [5, 5.41) is 9.55. The van der Waals surface area contributed by atoms with Gasteiger partial charge >= 0.3 is 11.8 Å². The highest BCUT2D eigenvalue weighted by molar-refractivity contribution is 7.89. The lowest BCUT2D eigenvalue weighted by Crippen LogP contribution is -2.36. The third-order valence-corrected chi connectivity index (χ3v) is 4.55. The van der Waals surface area contributed by atoms with Crippen LogP contribution in [0.15, 0.2) is 47.4 Å². The van der Waals surface area contributed by atoms with Crippen LogP contribution in [0, 0.1) is 5.82 Å². The van der Waals surface area contributed by atoms with Crippen molar-refractivity contribution in [3.05, 3.63) is 58.9 Å². The minimum absolute atomic E-state index is 0.0115. The van der Waals surface area contributed by atoms with Crippen molar-refractivity contribution in [3.63, 3.8) is 0 Å². The zero-order valence-electron chi connectivity index (χ0n) is 13.3. The van der Waals surface area contributed by atoms with E-state index in [-0.39, 0.29) is 22.2 Å². The summed E-state index contributed by atoms with van der Waals surface area (Å²) in [5.41, 5.74) is 0.943. The molecule has 10 heteroatoms. The number of halogens is 2. The minimum Gasteiger partial charge on any atom is -0.347 e. The number of benzene rings is 2. The van der Waals surface area contributed by atoms with Gasteiger partial charge in [0.2, 0.25) is 10.0 Å². The molecule has 0 saturated carbocycles. The molecule has 26 heavy (non-hydrogen) atoms. The number of amides is 2. The molecule has 0 aromatic heterocycles. The first-order chi connectivity index (χ1) is 12.2. The van der Waals surface area contributed by atoms with Gasteiger partial charge in [0.25, 0.3) is 0 Å². The number of carbonyl (C=O) groups is 2. The molecule has 0 aliphatic carbocycles. The predicted octanol–water partition coefficient (Wildman–Crippen LogP) is 1.42. The average Bonchev–Trinajstić information content (AvgIpc) is 2.57. The van der Waals surface area contributed by atoms with Crippen LogP contribution < -0.4 is 15.8 Å². The third kappa shape index (κ3) is 5.51. The number of sulfonamides is 1. The van der Waals surface area contributed by atoms with Crippen molar-refractivity contribution < 1.29 is 22.4 Å². The Morgan fingerprint density at radius 2 is 1.73 bits per heavy atom. The van der Waals surface area contributed by atoms with E-state index in [2.05, 4.69) is 10.6 Å². The Bertz CT molecular complexity index is 933. The second-order valence-electron chi connectivity index (χ2n) is 5.28. The summed E-state index contributed by atoms with van der Waals surface area (Å²) in [4.78, 5) is 23.5. The van der Waals surface area contributed by atoms with Crippen LogP contribution in [0.5, 0.6) is 0 Å². The van der Waals surface area contributed by atoms with Crippen LogP contribution in [0.3, 0.4) is 0 Å². The van der Waals surface area contributed by atoms with Crippen molar-refractivity contribution in [2.24, 2.45) is 5.14 Å². The Kier molecular flexibility index (Phi) is 6.30. The van der Waals surface area contributed by atoms with Crippen LogP contribution in [0.25, 0.3) is 0 Å². The summed E-state index contributed by atoms with van der Waals surface area (Å²) in [5.74, 6) is -2.42. The Labute approximate surface area is 154 Å². The molecule has 0 radical (unpaired) electrons. The average molecular weight is 400 g/mol. The molecule has 7 nitrogen and oxygen atoms in total. The number of rotatable bonds is 5. The lowest BCUT2D eigenvalue weighted by atomic mass is 10.1. The first-order valence-electron chi connectivity index (χ1n) is 7.33. The standard InChI is InChI=1S/C16H15ClFN3O4S/c17-13-9-11(3-6-14(13)18)21-16(23)15(22)20-8-7-10-1-4-12(5-2-10)26(19,24)25/h1-6,9H,7-8H2,(H,20,22)(H,21,23)(H2,19,24,25). The van der Waals surface area contributed by atoms with Gasteiger partial charge in [0.15, 0.2) is 0 Å². The SMILES string of the molecule is NS(=O)(=O)c1ccc(CCNC(=O)C(=O)Nc2ccc(F)c(Cl)c2)cc1. The van der Waals surface area contributed by atoms with E-state index in [1.54, 1.807) is 12.1 Å². The van der Waals surface area contributed by atoms with Crippen LogP contribution in [-0.2, 0) is 26.0 Å². The van der Waals surface area contributed by atoms with Crippen molar-refractivity contribution in [1.82, 2.24) is 5.32 Å². The number of carbonyl (C=O) groups excluding carboxylic acids is 2. The molecule has 2 aromatic carbocycles. The van der Waals surface area contributed by atoms with Crippen LogP contribution in [0.2, 0.25) is 5.02 Å². The predicted molar refractivity (Wildman–Crippen MR) is 94.6 cm³/mol. The van der Waals surface area contributed by atoms with E-state index < -0.39 is 27.7 Å². The van der Waals surface area contributed by atoms with Gasteiger partial charge in [0.1, 0.15) is 5.82 Å². The van der Waals surface area contributed by atoms with Gasteiger partial charge in [0.05, 0.1) is 9.92 Å². The second-order valence-corrected chi connectivity index (χ2v) is 7.25. The van der Waals surface area contributed by atoms with E-state index in [9.17, 15) is 22.4 Å². The van der Waals surface area contributed by atoms with E-state index in [1.165, 1.54) is 24.3 Å². The van der Waals surface area contributed by atoms with Crippen molar-refractivity contribution in [3.8, 4) is 0 Å². The molecule has 0 aliphatic rings. The van der Waals surface area contributed by atoms with Crippen LogP contribution >= 0.6 is 11.6 Å². The van der Waals surface area contributed by atoms with Crippen LogP contribution in [0.4, 0.5) is 10.1 Å². The molecular weight excluding hydrogens is 385 g/mol. The Morgan fingerprint density at radius 1 is 1.08 bits per heavy atom. The van der Waals surface area contributed by atoms with Gasteiger partial charge in [0, 0.05) is 12.2 Å². The monoisotopic (exact) mass is 399 g/mol. The first kappa shape index (κ1) is 19.8. The fraction of sp³-hybridized carbons (Fsp3) is 0.125. The summed E-state index contributed by atoms with van der Waals surface area (Å²) in [6.07, 6.45) is 0.381. The van der Waals surface area contributed by atoms with E-state index in [0.29, 0.717) is 6.42 Å². The van der Waals surface area contributed by atoms with Crippen molar-refractivity contribution >= 4 is 39.1 Å². The van der Waals surface area contributed by atoms with E-state index in [4.69, 9.17) is 16.7 Å². The number of nitrogens with two attached hydrogens (primary N) is 1. The van der Waals surface area contributed by atoms with Gasteiger partial charge in [-0.2, -0.15) is 0 Å². The topological polar surface area (TPSA) is 118 Å². The molecule has 0 unspecified atom stereocenters. The number of primary sulfonamides is 1. The highest BCUT2D eigenvalue weighted by atomic mass is 35.5. The summed E-state index contributed by atoms with van der Waals surface area (Å²) in [6.45, 7) is 0.158. The molecule has 0 fully saturated rings. The third-order valence-electron chi connectivity index (χ3n) is 3.33. The van der Waals surface area contributed by atoms with Gasteiger partial charge in [-0.3, -0.25) is 9.59 Å². The zero-order chi connectivity index (χ0) is 19.3. The van der Waals surface area contributed by atoms with Gasteiger partial charge in [-0.1, -0.05) is 23.7 Å². The Morgan fingerprint density at radius 3 is 2.31 bits per heavy atom. The molecule has 0 bridgehead atoms. The lowest BCUT2D eigenvalue weighted by Gasteiger charge is -2.07. The minimum atomic E-state index is -3.76. The molecule has 0 aliphatic heterocycles. The summed E-state index contributed by atoms with van der Waals surface area (Å²) in [6, 6.07) is 9.38. The molecule has 2 aromatic rings. The quantitative estimate of drug-likeness (QED) is 0.659. The number of hydrogen-bond acceptors (Lipinski definition) is 4. The normalized spacial score (nSPS) is 11.0. The largest absolute Gasteiger partial charge is 0.347 e. The summed E-state index contributed by atoms with van der Waals surface area (Å²) < 4.78 is 35.4. The number of anilines is 1. The summed E-state index contributed by atoms with van der Waals surface area (Å²) >= 11 is 5.60. The molecule has 0 spiro atoms. The molecule has 138 valence electrons. The Hall–Kier alpha value is -2.49. The van der Waals surface area contributed by atoms with Gasteiger partial charge in [-0.05, 0) is 42.3 Å². The molecule has 2 rings (SSSR count). The molecule has 0 atom stereocenters. The fourth-order valence-electron chi connectivity index (χ4n) is 2.01. The fourth-order valence-corrected chi connectivity index (χ4v) is 2.70. The number of nitrogens with one attached hydrogen (secondary N) is 2. The van der Waals surface area contributed by atoms with Gasteiger partial charge < -0.3 is 10.6 Å². The van der Waals surface area contributed by atoms with Crippen molar-refractivity contribution in [2.75, 3.05) is 11.9 Å². The molecule has 0 saturated heterocycles. The smallest absolute Gasteiger partial charge is 0.313 e. The van der Waals surface area contributed by atoms with E-state index in [0.717, 1.165) is 11.6 Å². The first-order valence-corrected chi connectivity index (χ1v) is 9.25. The zero-order valence-corrected chi connectivity index (χ0v) is 14.9. The van der Waals surface area contributed by atoms with E-state index >= 15 is 0 Å². The van der Waals surface area contributed by atoms with Gasteiger partial charge in [-0.15, -0.1) is 0 Å². The van der Waals surface area contributed by atoms with Crippen molar-refractivity contribution in [2.45, 2.75) is 11.3 Å². The van der Waals surface area contributed by atoms with Crippen LogP contribution in [-0.4, -0.2) is 26.8 Å². The number of hydrogen-bond donors (Lipinski definition) is 3. The molecular formula is C16H15ClFN3O4S. The van der Waals surface area contributed by atoms with Crippen molar-refractivity contribution in [1.29, 1.82) is 0 Å². The maximum Gasteiger partial charge on any atom is 0.313 e. The highest BCUT2D eigenvalue weighted by Crippen LogP contribution is 2.19. The van der Waals surface area contributed by atoms with E-state index in [1.807, 2.05) is 0 Å². The molecule has 4 N–H and O–H groups in total. The van der Waals surface area contributed by atoms with Gasteiger partial charge in [-0.25, -0.2) is 17.9 Å². The Balaban J connectivity index is 1.84. The second kappa shape index (κ2) is 8.26. The molecule has 0 heterocycles. The lowest BCUT2D eigenvalue weighted by molar-refractivity contribution is -0.136.